The second kappa shape index (κ2) is 10.1. The maximum Gasteiger partial charge on any atom is 0.178 e. The summed E-state index contributed by atoms with van der Waals surface area (Å²) in [6.45, 7) is 4.03. The zero-order chi connectivity index (χ0) is 23.3. The van der Waals surface area contributed by atoms with Gasteiger partial charge in [-0.1, -0.05) is 36.8 Å². The van der Waals surface area contributed by atoms with Gasteiger partial charge in [-0.05, 0) is 74.9 Å². The van der Waals surface area contributed by atoms with Crippen molar-refractivity contribution in [3.63, 3.8) is 0 Å². The predicted octanol–water partition coefficient (Wildman–Crippen LogP) is 6.27. The van der Waals surface area contributed by atoms with Gasteiger partial charge in [0.2, 0.25) is 0 Å². The Kier molecular flexibility index (Phi) is 6.56. The normalized spacial score (nSPS) is 19.8. The predicted molar refractivity (Wildman–Crippen MR) is 140 cm³/mol. The van der Waals surface area contributed by atoms with E-state index in [2.05, 4.69) is 57.0 Å². The van der Waals surface area contributed by atoms with Gasteiger partial charge >= 0.3 is 0 Å². The average Bonchev–Trinajstić information content (AvgIpc) is 3.33. The van der Waals surface area contributed by atoms with E-state index < -0.39 is 0 Å². The number of aliphatic imine (C=N–C) groups is 2. The molecular weight excluding hydrogens is 422 g/mol. The third kappa shape index (κ3) is 4.96. The first kappa shape index (κ1) is 22.1. The molecule has 2 N–H and O–H groups in total. The second-order valence-electron chi connectivity index (χ2n) is 8.94. The first-order valence-corrected chi connectivity index (χ1v) is 12.1. The van der Waals surface area contributed by atoms with Crippen molar-refractivity contribution in [3.8, 4) is 11.1 Å². The van der Waals surface area contributed by atoms with Crippen LogP contribution in [-0.4, -0.2) is 29.4 Å². The lowest BCUT2D eigenvalue weighted by Gasteiger charge is -2.24. The Morgan fingerprint density at radius 3 is 2.74 bits per heavy atom. The van der Waals surface area contributed by atoms with Gasteiger partial charge in [0.1, 0.15) is 17.6 Å². The van der Waals surface area contributed by atoms with Crippen LogP contribution < -0.4 is 10.6 Å². The number of amidine groups is 1. The Morgan fingerprint density at radius 2 is 1.91 bits per heavy atom. The molecule has 34 heavy (non-hydrogen) atoms. The van der Waals surface area contributed by atoms with Gasteiger partial charge in [0.05, 0.1) is 18.0 Å². The van der Waals surface area contributed by atoms with Gasteiger partial charge in [-0.25, -0.2) is 9.98 Å². The van der Waals surface area contributed by atoms with Crippen LogP contribution in [-0.2, 0) is 4.74 Å². The minimum atomic E-state index is -0.168. The molecule has 0 bridgehead atoms. The molecular formula is C28H31N5O. The van der Waals surface area contributed by atoms with Crippen LogP contribution in [0.25, 0.3) is 22.0 Å². The molecule has 6 nitrogen and oxygen atoms in total. The maximum absolute atomic E-state index is 6.24. The van der Waals surface area contributed by atoms with Crippen LogP contribution in [0.4, 0.5) is 5.69 Å². The van der Waals surface area contributed by atoms with Crippen molar-refractivity contribution >= 4 is 28.8 Å². The lowest BCUT2D eigenvalue weighted by Crippen LogP contribution is -2.21. The van der Waals surface area contributed by atoms with Crippen molar-refractivity contribution in [2.75, 3.05) is 5.32 Å². The molecule has 1 aromatic heterocycles. The van der Waals surface area contributed by atoms with E-state index in [1.165, 1.54) is 30.4 Å². The summed E-state index contributed by atoms with van der Waals surface area (Å²) >= 11 is 0. The number of aromatic nitrogens is 1. The van der Waals surface area contributed by atoms with Crippen molar-refractivity contribution in [2.45, 2.75) is 58.2 Å². The number of anilines is 1. The highest BCUT2D eigenvalue weighted by Crippen LogP contribution is 2.30. The molecule has 1 unspecified atom stereocenters. The Labute approximate surface area is 200 Å². The minimum absolute atomic E-state index is 0.168. The molecule has 6 heteroatoms. The van der Waals surface area contributed by atoms with Crippen LogP contribution in [0.3, 0.4) is 0 Å². The van der Waals surface area contributed by atoms with E-state index in [1.807, 2.05) is 38.2 Å². The fourth-order valence-electron chi connectivity index (χ4n) is 4.70. The van der Waals surface area contributed by atoms with Crippen molar-refractivity contribution in [1.82, 2.24) is 10.3 Å². The Hall–Kier alpha value is -3.67. The van der Waals surface area contributed by atoms with E-state index in [9.17, 15) is 0 Å². The molecule has 1 aliphatic heterocycles. The van der Waals surface area contributed by atoms with Crippen molar-refractivity contribution in [3.05, 3.63) is 72.3 Å². The number of hydrogen-bond donors (Lipinski definition) is 2. The van der Waals surface area contributed by atoms with Gasteiger partial charge in [0.15, 0.2) is 5.84 Å². The SMILES string of the molecule is C/C(OC1CCCCC1)=C1/NC=N/C1=N/C(C)Nc1ccc2nccc(-c3ccccc3)c2c1. The van der Waals surface area contributed by atoms with E-state index >= 15 is 0 Å². The molecule has 1 saturated carbocycles. The van der Waals surface area contributed by atoms with Gasteiger partial charge in [-0.2, -0.15) is 0 Å². The van der Waals surface area contributed by atoms with E-state index in [0.717, 1.165) is 40.9 Å². The molecule has 1 atom stereocenters. The lowest BCUT2D eigenvalue weighted by atomic mass is 9.98. The molecule has 2 heterocycles. The summed E-state index contributed by atoms with van der Waals surface area (Å²) < 4.78 is 6.24. The van der Waals surface area contributed by atoms with Crippen LogP contribution in [0, 0.1) is 0 Å². The fraction of sp³-hybridized carbons (Fsp3) is 0.321. The molecule has 0 radical (unpaired) electrons. The third-order valence-electron chi connectivity index (χ3n) is 6.38. The average molecular weight is 454 g/mol. The van der Waals surface area contributed by atoms with E-state index in [-0.39, 0.29) is 6.17 Å². The molecule has 0 saturated heterocycles. The van der Waals surface area contributed by atoms with Gasteiger partial charge < -0.3 is 15.4 Å². The molecule has 2 aromatic carbocycles. The second-order valence-corrected chi connectivity index (χ2v) is 8.94. The lowest BCUT2D eigenvalue weighted by molar-refractivity contribution is 0.0820. The van der Waals surface area contributed by atoms with Crippen molar-refractivity contribution < 1.29 is 4.74 Å². The molecule has 0 amide bonds. The monoisotopic (exact) mass is 453 g/mol. The summed E-state index contributed by atoms with van der Waals surface area (Å²) in [5.74, 6) is 1.53. The topological polar surface area (TPSA) is 70.9 Å². The summed E-state index contributed by atoms with van der Waals surface area (Å²) in [5, 5.41) is 7.82. The molecule has 5 rings (SSSR count). The van der Waals surface area contributed by atoms with Crippen LogP contribution in [0.1, 0.15) is 46.0 Å². The van der Waals surface area contributed by atoms with Gasteiger partial charge in [-0.15, -0.1) is 0 Å². The number of hydrogen-bond acceptors (Lipinski definition) is 5. The number of nitrogens with one attached hydrogen (secondary N) is 2. The summed E-state index contributed by atoms with van der Waals surface area (Å²) in [7, 11) is 0. The first-order chi connectivity index (χ1) is 16.7. The summed E-state index contributed by atoms with van der Waals surface area (Å²) in [4.78, 5) is 13.8. The largest absolute Gasteiger partial charge is 0.493 e. The number of rotatable bonds is 6. The maximum atomic E-state index is 6.24. The van der Waals surface area contributed by atoms with Crippen molar-refractivity contribution in [1.29, 1.82) is 0 Å². The Bertz CT molecular complexity index is 1240. The van der Waals surface area contributed by atoms with Gasteiger partial charge in [0, 0.05) is 17.3 Å². The molecule has 1 aliphatic carbocycles. The van der Waals surface area contributed by atoms with E-state index in [4.69, 9.17) is 9.73 Å². The standard InChI is InChI=1S/C28H31N5O/c1-19(34-23-11-7-4-8-12-23)27-28(31-18-30-27)33-20(2)32-22-13-14-26-25(17-22)24(15-16-29-26)21-9-5-3-6-10-21/h3,5-6,9-10,13-18,20,23,32H,4,7-8,11-12H2,1-2H3,(H,30,31,33)/b27-19-. The number of nitrogens with zero attached hydrogens (tertiary/aromatic N) is 3. The number of fused-ring (bicyclic) bond motifs is 1. The van der Waals surface area contributed by atoms with Gasteiger partial charge in [0.25, 0.3) is 0 Å². The molecule has 0 spiro atoms. The highest BCUT2D eigenvalue weighted by Gasteiger charge is 2.20. The zero-order valence-electron chi connectivity index (χ0n) is 19.8. The highest BCUT2D eigenvalue weighted by molar-refractivity contribution is 6.08. The van der Waals surface area contributed by atoms with Crippen LogP contribution in [0.5, 0.6) is 0 Å². The molecule has 3 aromatic rings. The number of allylic oxidation sites excluding steroid dienone is 1. The number of benzene rings is 2. The zero-order valence-corrected chi connectivity index (χ0v) is 19.8. The minimum Gasteiger partial charge on any atom is -0.493 e. The smallest absolute Gasteiger partial charge is 0.178 e. The summed E-state index contributed by atoms with van der Waals surface area (Å²) in [6, 6.07) is 18.7. The number of pyridine rings is 1. The van der Waals surface area contributed by atoms with Crippen LogP contribution in [0.2, 0.25) is 0 Å². The van der Waals surface area contributed by atoms with Crippen LogP contribution in [0.15, 0.2) is 82.2 Å². The fourth-order valence-corrected chi connectivity index (χ4v) is 4.70. The van der Waals surface area contributed by atoms with Crippen LogP contribution >= 0.6 is 0 Å². The quantitative estimate of drug-likeness (QED) is 0.432. The van der Waals surface area contributed by atoms with E-state index in [0.29, 0.717) is 11.9 Å². The Balaban J connectivity index is 1.35. The third-order valence-corrected chi connectivity index (χ3v) is 6.38. The molecule has 2 aliphatic rings. The number of ether oxygens (including phenoxy) is 1. The summed E-state index contributed by atoms with van der Waals surface area (Å²) in [5.41, 5.74) is 5.16. The molecule has 1 fully saturated rings. The van der Waals surface area contributed by atoms with Gasteiger partial charge in [-0.3, -0.25) is 4.98 Å². The Morgan fingerprint density at radius 1 is 1.09 bits per heavy atom. The summed E-state index contributed by atoms with van der Waals surface area (Å²) in [6.07, 6.45) is 9.72. The highest BCUT2D eigenvalue weighted by atomic mass is 16.5. The molecule has 174 valence electrons. The first-order valence-electron chi connectivity index (χ1n) is 12.1. The van der Waals surface area contributed by atoms with Crippen molar-refractivity contribution in [2.24, 2.45) is 9.98 Å². The van der Waals surface area contributed by atoms with E-state index in [1.54, 1.807) is 6.34 Å².